The second-order valence-electron chi connectivity index (χ2n) is 10.8. The van der Waals surface area contributed by atoms with Gasteiger partial charge in [-0.3, -0.25) is 14.4 Å². The number of amides is 1. The predicted molar refractivity (Wildman–Crippen MR) is 153 cm³/mol. The Labute approximate surface area is 256 Å². The van der Waals surface area contributed by atoms with E-state index in [9.17, 15) is 45.8 Å². The highest BCUT2D eigenvalue weighted by molar-refractivity contribution is 7.59. The van der Waals surface area contributed by atoms with Gasteiger partial charge in [0.2, 0.25) is 5.91 Å². The van der Waals surface area contributed by atoms with E-state index in [2.05, 4.69) is 5.32 Å². The summed E-state index contributed by atoms with van der Waals surface area (Å²) in [5.74, 6) is -7.20. The zero-order valence-corrected chi connectivity index (χ0v) is 24.5. The maximum atomic E-state index is 13.4. The average molecular weight is 653 g/mol. The molecule has 0 aromatic heterocycles. The normalized spacial score (nSPS) is 18.6. The minimum Gasteiger partial charge on any atom is -0.481 e. The first-order chi connectivity index (χ1) is 19.6. The third-order valence-corrected chi connectivity index (χ3v) is 8.01. The Morgan fingerprint density at radius 1 is 0.977 bits per heavy atom. The summed E-state index contributed by atoms with van der Waals surface area (Å²) < 4.78 is 78.0. The highest BCUT2D eigenvalue weighted by Crippen LogP contribution is 2.43. The molecule has 0 radical (unpaired) electrons. The van der Waals surface area contributed by atoms with Crippen molar-refractivity contribution >= 4 is 54.1 Å². The number of Topliss-reactive ketones (excluding diaryl/α,β-unsaturated/α-hetero) is 1. The van der Waals surface area contributed by atoms with Crippen molar-refractivity contribution in [2.75, 3.05) is 11.4 Å². The molecule has 1 aliphatic heterocycles. The molecule has 1 amide bonds. The molecule has 14 heteroatoms. The van der Waals surface area contributed by atoms with E-state index < -0.39 is 73.6 Å². The minimum absolute atomic E-state index is 0. The van der Waals surface area contributed by atoms with Crippen LogP contribution in [0.3, 0.4) is 0 Å². The number of ketones is 1. The van der Waals surface area contributed by atoms with Crippen molar-refractivity contribution in [3.8, 4) is 0 Å². The highest BCUT2D eigenvalue weighted by atomic mass is 35.5. The van der Waals surface area contributed by atoms with E-state index in [0.29, 0.717) is 22.9 Å². The van der Waals surface area contributed by atoms with Crippen molar-refractivity contribution in [3.63, 3.8) is 0 Å². The number of rotatable bonds is 10. The molecule has 0 saturated heterocycles. The summed E-state index contributed by atoms with van der Waals surface area (Å²) in [6.07, 6.45) is -13.1. The lowest BCUT2D eigenvalue weighted by atomic mass is 9.83. The molecule has 43 heavy (non-hydrogen) atoms. The lowest BCUT2D eigenvalue weighted by Crippen LogP contribution is -2.50. The van der Waals surface area contributed by atoms with Crippen molar-refractivity contribution < 1.29 is 45.8 Å². The summed E-state index contributed by atoms with van der Waals surface area (Å²) in [6.45, 7) is -0.154. The van der Waals surface area contributed by atoms with Crippen LogP contribution in [0.5, 0.6) is 0 Å². The number of nitrogens with zero attached hydrogens (tertiary/aromatic N) is 1. The lowest BCUT2D eigenvalue weighted by molar-refractivity contribution is -0.159. The van der Waals surface area contributed by atoms with Gasteiger partial charge in [0.25, 0.3) is 0 Å². The van der Waals surface area contributed by atoms with Crippen molar-refractivity contribution in [2.45, 2.75) is 69.3 Å². The van der Waals surface area contributed by atoms with Crippen LogP contribution < -0.4 is 10.2 Å². The van der Waals surface area contributed by atoms with Crippen LogP contribution in [-0.2, 0) is 20.8 Å². The second kappa shape index (κ2) is 13.8. The first-order valence-corrected chi connectivity index (χ1v) is 13.8. The number of hydrogen-bond acceptors (Lipinski definition) is 4. The number of nitrogens with one attached hydrogen (secondary N) is 1. The number of aliphatic carboxylic acids is 1. The third-order valence-electron chi connectivity index (χ3n) is 7.65. The molecule has 0 bridgehead atoms. The summed E-state index contributed by atoms with van der Waals surface area (Å²) in [5.41, 5.74) is 2.82. The van der Waals surface area contributed by atoms with Gasteiger partial charge in [0.15, 0.2) is 5.78 Å². The maximum Gasteiger partial charge on any atom is 0.389 e. The van der Waals surface area contributed by atoms with Crippen molar-refractivity contribution in [2.24, 2.45) is 11.8 Å². The summed E-state index contributed by atoms with van der Waals surface area (Å²) in [5, 5.41) is 12.3. The number of carbonyl (C=O) groups is 3. The quantitative estimate of drug-likeness (QED) is 0.268. The van der Waals surface area contributed by atoms with Gasteiger partial charge in [0.05, 0.1) is 18.4 Å². The van der Waals surface area contributed by atoms with Crippen LogP contribution >= 0.6 is 25.1 Å². The van der Waals surface area contributed by atoms with Crippen LogP contribution in [0.4, 0.5) is 37.7 Å². The van der Waals surface area contributed by atoms with E-state index in [1.54, 1.807) is 29.2 Å². The fourth-order valence-corrected chi connectivity index (χ4v) is 5.55. The molecule has 2 aromatic rings. The Morgan fingerprint density at radius 3 is 2.16 bits per heavy atom. The molecule has 1 fully saturated rings. The van der Waals surface area contributed by atoms with Crippen LogP contribution in [0.15, 0.2) is 42.5 Å². The van der Waals surface area contributed by atoms with Crippen LogP contribution in [0.25, 0.3) is 0 Å². The highest BCUT2D eigenvalue weighted by Gasteiger charge is 2.41. The fourth-order valence-electron chi connectivity index (χ4n) is 5.32. The van der Waals surface area contributed by atoms with Crippen molar-refractivity contribution in [1.82, 2.24) is 5.32 Å². The number of carbonyl (C=O) groups excluding carboxylic acids is 2. The van der Waals surface area contributed by atoms with Crippen LogP contribution in [-0.4, -0.2) is 47.7 Å². The molecule has 2 aliphatic rings. The zero-order valence-electron chi connectivity index (χ0n) is 22.8. The molecule has 0 spiro atoms. The molecule has 2 N–H and O–H groups in total. The number of carboxylic acid groups (broad SMARTS) is 1. The summed E-state index contributed by atoms with van der Waals surface area (Å²) in [4.78, 5) is 40.4. The summed E-state index contributed by atoms with van der Waals surface area (Å²) in [6, 6.07) is 11.3. The zero-order chi connectivity index (χ0) is 30.8. The van der Waals surface area contributed by atoms with Crippen LogP contribution in [0.1, 0.15) is 55.6 Å². The second-order valence-corrected chi connectivity index (χ2v) is 11.2. The number of hydrogen-bond donors (Lipinski definition) is 2. The number of alkyl halides is 6. The Morgan fingerprint density at radius 2 is 1.58 bits per heavy atom. The number of fused-ring (bicyclic) bond motifs is 1. The molecule has 1 saturated carbocycles. The van der Waals surface area contributed by atoms with Gasteiger partial charge in [-0.25, -0.2) is 0 Å². The van der Waals surface area contributed by atoms with E-state index >= 15 is 0 Å². The van der Waals surface area contributed by atoms with E-state index in [1.165, 1.54) is 0 Å². The van der Waals surface area contributed by atoms with Gasteiger partial charge >= 0.3 is 18.3 Å². The predicted octanol–water partition coefficient (Wildman–Crippen LogP) is 7.08. The smallest absolute Gasteiger partial charge is 0.389 e. The summed E-state index contributed by atoms with van der Waals surface area (Å²) >= 11 is 6.43. The molecular weight excluding hydrogens is 622 g/mol. The van der Waals surface area contributed by atoms with Gasteiger partial charge in [-0.1, -0.05) is 29.8 Å². The molecule has 2 aromatic carbocycles. The Kier molecular flexibility index (Phi) is 11.1. The van der Waals surface area contributed by atoms with Gasteiger partial charge < -0.3 is 15.3 Å². The van der Waals surface area contributed by atoms with E-state index in [4.69, 9.17) is 11.6 Å². The largest absolute Gasteiger partial charge is 0.481 e. The maximum absolute atomic E-state index is 13.4. The third kappa shape index (κ3) is 9.28. The molecule has 236 valence electrons. The molecule has 1 heterocycles. The molecule has 3 atom stereocenters. The van der Waals surface area contributed by atoms with Gasteiger partial charge in [-0.05, 0) is 61.4 Å². The van der Waals surface area contributed by atoms with E-state index in [1.807, 2.05) is 18.2 Å². The molecule has 6 nitrogen and oxygen atoms in total. The van der Waals surface area contributed by atoms with E-state index in [-0.39, 0.29) is 31.5 Å². The van der Waals surface area contributed by atoms with Gasteiger partial charge in [0.1, 0.15) is 6.04 Å². The number of benzene rings is 2. The van der Waals surface area contributed by atoms with Gasteiger partial charge in [0, 0.05) is 41.2 Å². The number of anilines is 2. The Balaban J connectivity index is 0.00000506. The van der Waals surface area contributed by atoms with Gasteiger partial charge in [-0.2, -0.15) is 39.8 Å². The lowest BCUT2D eigenvalue weighted by Gasteiger charge is -2.30. The first-order valence-electron chi connectivity index (χ1n) is 13.5. The topological polar surface area (TPSA) is 86.7 Å². The Hall–Kier alpha value is -2.93. The van der Waals surface area contributed by atoms with Crippen LogP contribution in [0, 0.1) is 11.8 Å². The molecular formula is C29H31ClF6N2O4S. The molecule has 4 rings (SSSR count). The standard InChI is InChI=1S/C29H29ClF6N2O4.H2S/c30-22-5-2-6-24-21(22)14-25(39)23(15-38(24)18-4-1-3-17(13-18)16-7-8-16)37-26(40)19(9-11-28(31,32)33)20(27(41)42)10-12-29(34,35)36;/h1-6,13,16,19-20,23H,7-12,14-15H2,(H,37,40)(H,41,42);1H2/t19-,20+,23+;/m1./s1. The SMILES string of the molecule is O=C1Cc2c(Cl)cccc2N(c2cccc(C3CC3)c2)C[C@@H]1NC(=O)[C@H](CCC(F)(F)F)[C@H](CCC(F)(F)F)C(=O)O.S. The fraction of sp³-hybridized carbons (Fsp3) is 0.483. The number of carboxylic acids is 1. The minimum atomic E-state index is -4.79. The molecule has 1 aliphatic carbocycles. The van der Waals surface area contributed by atoms with E-state index in [0.717, 1.165) is 18.4 Å². The first kappa shape index (κ1) is 34.6. The monoisotopic (exact) mass is 652 g/mol. The number of halogens is 7. The molecule has 0 unspecified atom stereocenters. The summed E-state index contributed by atoms with van der Waals surface area (Å²) in [7, 11) is 0. The van der Waals surface area contributed by atoms with Crippen molar-refractivity contribution in [1.29, 1.82) is 0 Å². The van der Waals surface area contributed by atoms with Gasteiger partial charge in [-0.15, -0.1) is 0 Å². The van der Waals surface area contributed by atoms with Crippen molar-refractivity contribution in [3.05, 3.63) is 58.6 Å². The Bertz CT molecular complexity index is 1330. The van der Waals surface area contributed by atoms with Crippen LogP contribution in [0.2, 0.25) is 5.02 Å². The average Bonchev–Trinajstić information content (AvgIpc) is 3.74.